The van der Waals surface area contributed by atoms with Crippen molar-refractivity contribution in [3.63, 3.8) is 0 Å². The summed E-state index contributed by atoms with van der Waals surface area (Å²) >= 11 is 2.35. The molecule has 2 aromatic rings. The first-order valence-corrected chi connectivity index (χ1v) is 7.20. The van der Waals surface area contributed by atoms with Crippen LogP contribution in [0.15, 0.2) is 36.4 Å². The summed E-state index contributed by atoms with van der Waals surface area (Å²) in [6, 6.07) is 13.1. The fraction of sp³-hybridized carbons (Fsp3) is 0.250. The van der Waals surface area contributed by atoms with E-state index in [9.17, 15) is 0 Å². The maximum absolute atomic E-state index is 3.55. The van der Waals surface area contributed by atoms with Gasteiger partial charge >= 0.3 is 0 Å². The first-order valence-electron chi connectivity index (χ1n) is 6.12. The van der Waals surface area contributed by atoms with Gasteiger partial charge in [-0.15, -0.1) is 0 Å². The van der Waals surface area contributed by atoms with Crippen molar-refractivity contribution in [1.82, 2.24) is 0 Å². The SMILES string of the molecule is Cc1cc(C)c(NCc2cccc(I)c2)c(C)c1. The summed E-state index contributed by atoms with van der Waals surface area (Å²) in [5, 5.41) is 3.55. The number of hydrogen-bond donors (Lipinski definition) is 1. The molecule has 2 heteroatoms. The van der Waals surface area contributed by atoms with Gasteiger partial charge in [0.25, 0.3) is 0 Å². The van der Waals surface area contributed by atoms with Crippen LogP contribution in [-0.2, 0) is 6.54 Å². The largest absolute Gasteiger partial charge is 0.381 e. The van der Waals surface area contributed by atoms with E-state index in [0.717, 1.165) is 6.54 Å². The second-order valence-corrected chi connectivity index (χ2v) is 6.00. The first kappa shape index (κ1) is 13.4. The van der Waals surface area contributed by atoms with Crippen LogP contribution in [0.2, 0.25) is 0 Å². The van der Waals surface area contributed by atoms with E-state index < -0.39 is 0 Å². The molecule has 0 heterocycles. The molecule has 1 nitrogen and oxygen atoms in total. The lowest BCUT2D eigenvalue weighted by Gasteiger charge is -2.14. The lowest BCUT2D eigenvalue weighted by Crippen LogP contribution is -2.03. The molecular formula is C16H18IN. The molecule has 0 saturated heterocycles. The van der Waals surface area contributed by atoms with E-state index in [1.807, 2.05) is 0 Å². The third kappa shape index (κ3) is 3.25. The van der Waals surface area contributed by atoms with Crippen LogP contribution in [0.25, 0.3) is 0 Å². The predicted octanol–water partition coefficient (Wildman–Crippen LogP) is 4.83. The zero-order valence-electron chi connectivity index (χ0n) is 11.0. The predicted molar refractivity (Wildman–Crippen MR) is 87.1 cm³/mol. The maximum atomic E-state index is 3.55. The van der Waals surface area contributed by atoms with Crippen molar-refractivity contribution in [1.29, 1.82) is 0 Å². The number of aryl methyl sites for hydroxylation is 3. The zero-order chi connectivity index (χ0) is 13.1. The smallest absolute Gasteiger partial charge is 0.0402 e. The number of nitrogens with one attached hydrogen (secondary N) is 1. The van der Waals surface area contributed by atoms with Crippen molar-refractivity contribution in [2.24, 2.45) is 0 Å². The Hall–Kier alpha value is -1.03. The molecule has 0 spiro atoms. The molecule has 18 heavy (non-hydrogen) atoms. The van der Waals surface area contributed by atoms with Gasteiger partial charge in [0, 0.05) is 15.8 Å². The van der Waals surface area contributed by atoms with Crippen molar-refractivity contribution in [3.8, 4) is 0 Å². The average Bonchev–Trinajstić information content (AvgIpc) is 2.27. The minimum atomic E-state index is 0.877. The highest BCUT2D eigenvalue weighted by Gasteiger charge is 2.03. The zero-order valence-corrected chi connectivity index (χ0v) is 13.2. The van der Waals surface area contributed by atoms with Gasteiger partial charge < -0.3 is 5.32 Å². The fourth-order valence-corrected chi connectivity index (χ4v) is 2.90. The van der Waals surface area contributed by atoms with Gasteiger partial charge in [-0.1, -0.05) is 29.8 Å². The van der Waals surface area contributed by atoms with Gasteiger partial charge in [0.05, 0.1) is 0 Å². The Balaban J connectivity index is 2.16. The summed E-state index contributed by atoms with van der Waals surface area (Å²) in [6.07, 6.45) is 0. The summed E-state index contributed by atoms with van der Waals surface area (Å²) in [7, 11) is 0. The molecule has 0 aliphatic rings. The monoisotopic (exact) mass is 351 g/mol. The third-order valence-electron chi connectivity index (χ3n) is 3.04. The van der Waals surface area contributed by atoms with Gasteiger partial charge in [-0.3, -0.25) is 0 Å². The van der Waals surface area contributed by atoms with Crippen molar-refractivity contribution >= 4 is 28.3 Å². The average molecular weight is 351 g/mol. The van der Waals surface area contributed by atoms with Gasteiger partial charge in [-0.05, 0) is 72.2 Å². The molecule has 0 amide bonds. The molecule has 0 aliphatic carbocycles. The molecule has 0 saturated carbocycles. The highest BCUT2D eigenvalue weighted by atomic mass is 127. The number of anilines is 1. The van der Waals surface area contributed by atoms with Crippen LogP contribution in [0.3, 0.4) is 0 Å². The Bertz CT molecular complexity index is 538. The lowest BCUT2D eigenvalue weighted by atomic mass is 10.0. The molecule has 0 aromatic heterocycles. The van der Waals surface area contributed by atoms with E-state index in [1.54, 1.807) is 0 Å². The molecule has 0 aliphatic heterocycles. The standard InChI is InChI=1S/C16H18IN/c1-11-7-12(2)16(13(3)8-11)18-10-14-5-4-6-15(17)9-14/h4-9,18H,10H2,1-3H3. The number of rotatable bonds is 3. The summed E-state index contributed by atoms with van der Waals surface area (Å²) in [5.41, 5.74) is 6.54. The normalized spacial score (nSPS) is 10.4. The Morgan fingerprint density at radius 2 is 1.67 bits per heavy atom. The fourth-order valence-electron chi connectivity index (χ4n) is 2.30. The molecule has 0 bridgehead atoms. The highest BCUT2D eigenvalue weighted by molar-refractivity contribution is 14.1. The molecule has 1 N–H and O–H groups in total. The van der Waals surface area contributed by atoms with Crippen molar-refractivity contribution in [3.05, 3.63) is 62.2 Å². The van der Waals surface area contributed by atoms with Gasteiger partial charge in [0.15, 0.2) is 0 Å². The number of halogens is 1. The Morgan fingerprint density at radius 3 is 2.28 bits per heavy atom. The first-order chi connectivity index (χ1) is 8.56. The minimum absolute atomic E-state index is 0.877. The Labute approximate surface area is 123 Å². The Morgan fingerprint density at radius 1 is 1.00 bits per heavy atom. The molecule has 0 unspecified atom stereocenters. The van der Waals surface area contributed by atoms with E-state index in [1.165, 1.54) is 31.5 Å². The van der Waals surface area contributed by atoms with E-state index >= 15 is 0 Å². The van der Waals surface area contributed by atoms with Gasteiger partial charge in [0.2, 0.25) is 0 Å². The summed E-state index contributed by atoms with van der Waals surface area (Å²) in [5.74, 6) is 0. The summed E-state index contributed by atoms with van der Waals surface area (Å²) in [6.45, 7) is 7.35. The van der Waals surface area contributed by atoms with Gasteiger partial charge in [-0.25, -0.2) is 0 Å². The topological polar surface area (TPSA) is 12.0 Å². The molecule has 0 radical (unpaired) electrons. The third-order valence-corrected chi connectivity index (χ3v) is 3.71. The maximum Gasteiger partial charge on any atom is 0.0402 e. The van der Waals surface area contributed by atoms with Crippen LogP contribution in [0.5, 0.6) is 0 Å². The molecular weight excluding hydrogens is 333 g/mol. The minimum Gasteiger partial charge on any atom is -0.381 e. The lowest BCUT2D eigenvalue weighted by molar-refractivity contribution is 1.12. The number of hydrogen-bond acceptors (Lipinski definition) is 1. The second-order valence-electron chi connectivity index (χ2n) is 4.76. The van der Waals surface area contributed by atoms with Crippen LogP contribution in [0, 0.1) is 24.3 Å². The van der Waals surface area contributed by atoms with Crippen LogP contribution < -0.4 is 5.32 Å². The quantitative estimate of drug-likeness (QED) is 0.781. The van der Waals surface area contributed by atoms with E-state index in [-0.39, 0.29) is 0 Å². The highest BCUT2D eigenvalue weighted by Crippen LogP contribution is 2.22. The van der Waals surface area contributed by atoms with Crippen LogP contribution in [-0.4, -0.2) is 0 Å². The van der Waals surface area contributed by atoms with E-state index in [4.69, 9.17) is 0 Å². The molecule has 0 fully saturated rings. The molecule has 0 atom stereocenters. The van der Waals surface area contributed by atoms with Crippen molar-refractivity contribution < 1.29 is 0 Å². The molecule has 2 rings (SSSR count). The van der Waals surface area contributed by atoms with Crippen LogP contribution in [0.4, 0.5) is 5.69 Å². The molecule has 94 valence electrons. The Kier molecular flexibility index (Phi) is 4.27. The molecule has 2 aromatic carbocycles. The van der Waals surface area contributed by atoms with Crippen molar-refractivity contribution in [2.75, 3.05) is 5.32 Å². The number of benzene rings is 2. The van der Waals surface area contributed by atoms with E-state index in [0.29, 0.717) is 0 Å². The second kappa shape index (κ2) is 5.74. The van der Waals surface area contributed by atoms with Gasteiger partial charge in [-0.2, -0.15) is 0 Å². The van der Waals surface area contributed by atoms with Crippen LogP contribution >= 0.6 is 22.6 Å². The van der Waals surface area contributed by atoms with Crippen LogP contribution in [0.1, 0.15) is 22.3 Å². The van der Waals surface area contributed by atoms with Gasteiger partial charge in [0.1, 0.15) is 0 Å². The summed E-state index contributed by atoms with van der Waals surface area (Å²) in [4.78, 5) is 0. The van der Waals surface area contributed by atoms with E-state index in [2.05, 4.69) is 85.1 Å². The summed E-state index contributed by atoms with van der Waals surface area (Å²) < 4.78 is 1.28. The van der Waals surface area contributed by atoms with Crippen molar-refractivity contribution in [2.45, 2.75) is 27.3 Å².